The molecule has 0 aromatic carbocycles. The maximum Gasteiger partial charge on any atom is 0.101 e. The lowest BCUT2D eigenvalue weighted by molar-refractivity contribution is 1.38. The Balaban J connectivity index is 2.77. The maximum absolute atomic E-state index is 8.61. The molecule has 12 heavy (non-hydrogen) atoms. The number of nitrogens with zero attached hydrogens (tertiary/aromatic N) is 2. The van der Waals surface area contributed by atoms with Crippen LogP contribution in [-0.4, -0.2) is 4.98 Å². The average molecular weight is 239 g/mol. The molecule has 0 unspecified atom stereocenters. The molecule has 0 radical (unpaired) electrons. The van der Waals surface area contributed by atoms with E-state index < -0.39 is 0 Å². The summed E-state index contributed by atoms with van der Waals surface area (Å²) in [5.41, 5.74) is 1.54. The van der Waals surface area contributed by atoms with Crippen LogP contribution in [0, 0.1) is 11.3 Å². The number of hydrogen-bond donors (Lipinski definition) is 0. The molecule has 0 fully saturated rings. The predicted octanol–water partition coefficient (Wildman–Crippen LogP) is 2.93. The fraction of sp³-hybridized carbons (Fsp3) is 0. The molecule has 0 saturated heterocycles. The van der Waals surface area contributed by atoms with Crippen molar-refractivity contribution in [1.82, 2.24) is 4.98 Å². The molecular weight excluding hydrogens is 236 g/mol. The third-order valence-corrected chi connectivity index (χ3v) is 3.04. The summed E-state index contributed by atoms with van der Waals surface area (Å²) in [5, 5.41) is 8.61. The second-order valence-electron chi connectivity index (χ2n) is 2.27. The normalized spacial score (nSPS) is 10.0. The number of nitriles is 1. The van der Waals surface area contributed by atoms with E-state index in [0.717, 1.165) is 14.0 Å². The van der Waals surface area contributed by atoms with Gasteiger partial charge < -0.3 is 0 Å². The van der Waals surface area contributed by atoms with Gasteiger partial charge in [-0.25, -0.2) is 0 Å². The number of rotatable bonds is 0. The largest absolute Gasteiger partial charge is 0.254 e. The van der Waals surface area contributed by atoms with Crippen molar-refractivity contribution in [3.8, 4) is 6.07 Å². The van der Waals surface area contributed by atoms with E-state index in [2.05, 4.69) is 27.0 Å². The number of fused-ring (bicyclic) bond motifs is 1. The molecular formula is C8H3BrN2S. The average Bonchev–Trinajstić information content (AvgIpc) is 2.43. The molecule has 0 aliphatic carbocycles. The van der Waals surface area contributed by atoms with E-state index in [1.165, 1.54) is 0 Å². The van der Waals surface area contributed by atoms with Gasteiger partial charge in [0.25, 0.3) is 0 Å². The second kappa shape index (κ2) is 2.85. The molecule has 0 N–H and O–H groups in total. The molecule has 2 nitrogen and oxygen atoms in total. The first-order chi connectivity index (χ1) is 5.79. The maximum atomic E-state index is 8.61. The van der Waals surface area contributed by atoms with E-state index in [4.69, 9.17) is 5.26 Å². The van der Waals surface area contributed by atoms with E-state index in [0.29, 0.717) is 5.56 Å². The molecule has 0 bridgehead atoms. The Morgan fingerprint density at radius 1 is 1.50 bits per heavy atom. The Morgan fingerprint density at radius 2 is 2.33 bits per heavy atom. The Morgan fingerprint density at radius 3 is 3.08 bits per heavy atom. The monoisotopic (exact) mass is 238 g/mol. The minimum absolute atomic E-state index is 0.608. The molecule has 2 heterocycles. The Kier molecular flexibility index (Phi) is 1.83. The summed E-state index contributed by atoms with van der Waals surface area (Å²) in [6.45, 7) is 0. The van der Waals surface area contributed by atoms with Crippen LogP contribution in [0.2, 0.25) is 0 Å². The summed E-state index contributed by atoms with van der Waals surface area (Å²) in [7, 11) is 0. The van der Waals surface area contributed by atoms with Gasteiger partial charge in [0.15, 0.2) is 0 Å². The molecule has 0 aliphatic heterocycles. The minimum Gasteiger partial charge on any atom is -0.254 e. The molecule has 0 atom stereocenters. The van der Waals surface area contributed by atoms with Gasteiger partial charge in [-0.1, -0.05) is 0 Å². The van der Waals surface area contributed by atoms with Crippen molar-refractivity contribution in [3.63, 3.8) is 0 Å². The first-order valence-electron chi connectivity index (χ1n) is 3.25. The lowest BCUT2D eigenvalue weighted by atomic mass is 10.3. The molecule has 2 aromatic rings. The van der Waals surface area contributed by atoms with Crippen molar-refractivity contribution in [2.75, 3.05) is 0 Å². The molecule has 0 aliphatic rings. The lowest BCUT2D eigenvalue weighted by Gasteiger charge is -1.87. The van der Waals surface area contributed by atoms with Crippen LogP contribution in [0.1, 0.15) is 5.56 Å². The van der Waals surface area contributed by atoms with Crippen LogP contribution < -0.4 is 0 Å². The summed E-state index contributed by atoms with van der Waals surface area (Å²) in [5.74, 6) is 0. The quantitative estimate of drug-likeness (QED) is 0.708. The van der Waals surface area contributed by atoms with Crippen LogP contribution >= 0.6 is 27.3 Å². The number of hydrogen-bond acceptors (Lipinski definition) is 3. The molecule has 0 amide bonds. The second-order valence-corrected chi connectivity index (χ2v) is 4.73. The predicted molar refractivity (Wildman–Crippen MR) is 52.0 cm³/mol. The third kappa shape index (κ3) is 1.22. The SMILES string of the molecule is N#Cc1cnc2cc(Br)sc2c1. The van der Waals surface area contributed by atoms with Crippen LogP contribution in [0.3, 0.4) is 0 Å². The van der Waals surface area contributed by atoms with E-state index in [1.54, 1.807) is 17.5 Å². The zero-order chi connectivity index (χ0) is 8.55. The summed E-state index contributed by atoms with van der Waals surface area (Å²) in [4.78, 5) is 4.13. The first-order valence-corrected chi connectivity index (χ1v) is 4.86. The molecule has 0 spiro atoms. The minimum atomic E-state index is 0.608. The third-order valence-electron chi connectivity index (χ3n) is 1.47. The summed E-state index contributed by atoms with van der Waals surface area (Å²) in [6.07, 6.45) is 1.58. The Hall–Kier alpha value is -0.920. The standard InChI is InChI=1S/C8H3BrN2S/c9-8-2-6-7(12-8)1-5(3-10)4-11-6/h1-2,4H. The number of halogens is 1. The van der Waals surface area contributed by atoms with E-state index >= 15 is 0 Å². The van der Waals surface area contributed by atoms with Crippen molar-refractivity contribution in [2.24, 2.45) is 0 Å². The van der Waals surface area contributed by atoms with Crippen molar-refractivity contribution in [3.05, 3.63) is 27.7 Å². The smallest absolute Gasteiger partial charge is 0.101 e. The molecule has 0 saturated carbocycles. The van der Waals surface area contributed by atoms with Crippen molar-refractivity contribution in [1.29, 1.82) is 5.26 Å². The number of thiophene rings is 1. The highest BCUT2D eigenvalue weighted by Crippen LogP contribution is 2.28. The van der Waals surface area contributed by atoms with Crippen molar-refractivity contribution < 1.29 is 0 Å². The van der Waals surface area contributed by atoms with Crippen LogP contribution in [0.25, 0.3) is 10.2 Å². The fourth-order valence-corrected chi connectivity index (χ4v) is 2.47. The molecule has 2 aromatic heterocycles. The fourth-order valence-electron chi connectivity index (χ4n) is 0.948. The summed E-state index contributed by atoms with van der Waals surface area (Å²) >= 11 is 4.95. The number of aromatic nitrogens is 1. The zero-order valence-corrected chi connectivity index (χ0v) is 8.32. The van der Waals surface area contributed by atoms with Gasteiger partial charge in [0, 0.05) is 6.20 Å². The van der Waals surface area contributed by atoms with Gasteiger partial charge in [0.2, 0.25) is 0 Å². The highest BCUT2D eigenvalue weighted by atomic mass is 79.9. The van der Waals surface area contributed by atoms with Crippen LogP contribution in [0.5, 0.6) is 0 Å². The van der Waals surface area contributed by atoms with Crippen LogP contribution in [-0.2, 0) is 0 Å². The van der Waals surface area contributed by atoms with E-state index in [9.17, 15) is 0 Å². The van der Waals surface area contributed by atoms with Gasteiger partial charge in [-0.2, -0.15) is 5.26 Å². The van der Waals surface area contributed by atoms with E-state index in [-0.39, 0.29) is 0 Å². The van der Waals surface area contributed by atoms with Crippen molar-refractivity contribution in [2.45, 2.75) is 0 Å². The number of pyridine rings is 1. The van der Waals surface area contributed by atoms with E-state index in [1.807, 2.05) is 12.1 Å². The summed E-state index contributed by atoms with van der Waals surface area (Å²) in [6, 6.07) is 5.85. The lowest BCUT2D eigenvalue weighted by Crippen LogP contribution is -1.75. The highest BCUT2D eigenvalue weighted by molar-refractivity contribution is 9.11. The topological polar surface area (TPSA) is 36.7 Å². The van der Waals surface area contributed by atoms with Gasteiger partial charge in [-0.05, 0) is 28.1 Å². The summed E-state index contributed by atoms with van der Waals surface area (Å²) < 4.78 is 2.08. The molecule has 2 rings (SSSR count). The van der Waals surface area contributed by atoms with Crippen molar-refractivity contribution >= 4 is 37.5 Å². The Labute approximate surface area is 81.6 Å². The van der Waals surface area contributed by atoms with Gasteiger partial charge in [0.05, 0.1) is 19.6 Å². The van der Waals surface area contributed by atoms with Gasteiger partial charge >= 0.3 is 0 Å². The van der Waals surface area contributed by atoms with Crippen LogP contribution in [0.4, 0.5) is 0 Å². The first kappa shape index (κ1) is 7.71. The van der Waals surface area contributed by atoms with Crippen LogP contribution in [0.15, 0.2) is 22.1 Å². The van der Waals surface area contributed by atoms with Gasteiger partial charge in [0.1, 0.15) is 6.07 Å². The van der Waals surface area contributed by atoms with Gasteiger partial charge in [-0.15, -0.1) is 11.3 Å². The Bertz CT molecular complexity index is 469. The van der Waals surface area contributed by atoms with Gasteiger partial charge in [-0.3, -0.25) is 4.98 Å². The molecule has 58 valence electrons. The zero-order valence-electron chi connectivity index (χ0n) is 5.91. The molecule has 4 heteroatoms. The highest BCUT2D eigenvalue weighted by Gasteiger charge is 2.00.